The first-order chi connectivity index (χ1) is 4.98. The van der Waals surface area contributed by atoms with E-state index in [0.29, 0.717) is 0 Å². The molecular formula is C9H17NO. The number of rotatable bonds is 1. The summed E-state index contributed by atoms with van der Waals surface area (Å²) in [4.78, 5) is 10.8. The quantitative estimate of drug-likeness (QED) is 0.583. The van der Waals surface area contributed by atoms with Crippen LogP contribution in [0.5, 0.6) is 0 Å². The third-order valence-corrected chi connectivity index (χ3v) is 1.08. The van der Waals surface area contributed by atoms with E-state index < -0.39 is 0 Å². The van der Waals surface area contributed by atoms with Gasteiger partial charge in [-0.1, -0.05) is 34.6 Å². The molecule has 0 amide bonds. The highest BCUT2D eigenvalue weighted by atomic mass is 16.1. The van der Waals surface area contributed by atoms with E-state index in [1.54, 1.807) is 0 Å². The molecule has 64 valence electrons. The zero-order chi connectivity index (χ0) is 9.49. The van der Waals surface area contributed by atoms with Crippen LogP contribution in [0.2, 0.25) is 0 Å². The average molecular weight is 155 g/mol. The first-order valence-electron chi connectivity index (χ1n) is 3.88. The van der Waals surface area contributed by atoms with E-state index in [4.69, 9.17) is 5.26 Å². The van der Waals surface area contributed by atoms with Gasteiger partial charge in [0.15, 0.2) is 5.78 Å². The zero-order valence-corrected chi connectivity index (χ0v) is 8.06. The van der Waals surface area contributed by atoms with Gasteiger partial charge in [0.25, 0.3) is 0 Å². The number of carbonyl (C=O) groups excluding carboxylic acids is 1. The van der Waals surface area contributed by atoms with Crippen molar-refractivity contribution in [3.8, 4) is 6.07 Å². The lowest BCUT2D eigenvalue weighted by Gasteiger charge is -2.13. The fourth-order valence-corrected chi connectivity index (χ4v) is 0.337. The Morgan fingerprint density at radius 2 is 1.73 bits per heavy atom. The minimum absolute atomic E-state index is 0.00463. The van der Waals surface area contributed by atoms with Gasteiger partial charge in [0.2, 0.25) is 0 Å². The Morgan fingerprint density at radius 1 is 1.36 bits per heavy atom. The molecular weight excluding hydrogens is 138 g/mol. The van der Waals surface area contributed by atoms with E-state index in [-0.39, 0.29) is 17.6 Å². The number of Topliss-reactive ketones (excluding diaryl/α,β-unsaturated/α-hetero) is 1. The van der Waals surface area contributed by atoms with Gasteiger partial charge in [0.05, 0.1) is 12.5 Å². The summed E-state index contributed by atoms with van der Waals surface area (Å²) < 4.78 is 0. The van der Waals surface area contributed by atoms with Crippen LogP contribution in [0.15, 0.2) is 0 Å². The largest absolute Gasteiger partial charge is 0.298 e. The van der Waals surface area contributed by atoms with Gasteiger partial charge < -0.3 is 0 Å². The summed E-state index contributed by atoms with van der Waals surface area (Å²) in [5.41, 5.74) is -0.351. The van der Waals surface area contributed by atoms with E-state index in [2.05, 4.69) is 0 Å². The van der Waals surface area contributed by atoms with Crippen molar-refractivity contribution in [2.24, 2.45) is 5.41 Å². The summed E-state index contributed by atoms with van der Waals surface area (Å²) in [6.07, 6.45) is 0.0312. The smallest absolute Gasteiger partial charge is 0.152 e. The molecule has 11 heavy (non-hydrogen) atoms. The predicted molar refractivity (Wildman–Crippen MR) is 46.0 cm³/mol. The zero-order valence-electron chi connectivity index (χ0n) is 8.06. The monoisotopic (exact) mass is 155 g/mol. The maximum absolute atomic E-state index is 10.8. The van der Waals surface area contributed by atoms with Crippen LogP contribution >= 0.6 is 0 Å². The van der Waals surface area contributed by atoms with E-state index in [1.807, 2.05) is 40.7 Å². The maximum atomic E-state index is 10.8. The van der Waals surface area contributed by atoms with Crippen molar-refractivity contribution in [1.82, 2.24) is 0 Å². The molecule has 0 saturated heterocycles. The summed E-state index contributed by atoms with van der Waals surface area (Å²) in [7, 11) is 0. The van der Waals surface area contributed by atoms with Crippen LogP contribution in [0, 0.1) is 16.7 Å². The molecule has 0 atom stereocenters. The van der Waals surface area contributed by atoms with Gasteiger partial charge in [-0.05, 0) is 0 Å². The molecule has 0 aliphatic rings. The van der Waals surface area contributed by atoms with E-state index in [1.165, 1.54) is 0 Å². The lowest BCUT2D eigenvalue weighted by molar-refractivity contribution is -0.125. The second kappa shape index (κ2) is 5.91. The van der Waals surface area contributed by atoms with Gasteiger partial charge in [0, 0.05) is 5.41 Å². The molecule has 2 nitrogen and oxygen atoms in total. The molecule has 0 aromatic heterocycles. The van der Waals surface area contributed by atoms with Crippen LogP contribution in [-0.4, -0.2) is 5.78 Å². The molecule has 2 heteroatoms. The number of ketones is 1. The van der Waals surface area contributed by atoms with Gasteiger partial charge in [-0.25, -0.2) is 0 Å². The molecule has 0 N–H and O–H groups in total. The van der Waals surface area contributed by atoms with Crippen LogP contribution in [0.3, 0.4) is 0 Å². The van der Waals surface area contributed by atoms with E-state index in [0.717, 1.165) is 0 Å². The van der Waals surface area contributed by atoms with Crippen molar-refractivity contribution < 1.29 is 4.79 Å². The number of nitrogens with zero attached hydrogens (tertiary/aromatic N) is 1. The molecule has 0 rings (SSSR count). The van der Waals surface area contributed by atoms with Gasteiger partial charge >= 0.3 is 0 Å². The standard InChI is InChI=1S/C7H11NO.C2H6/c1-7(2,3)6(9)4-5-8;1-2/h4H2,1-3H3;1-2H3. The van der Waals surface area contributed by atoms with E-state index in [9.17, 15) is 4.79 Å². The molecule has 0 heterocycles. The normalized spacial score (nSPS) is 9.09. The first kappa shape index (κ1) is 12.8. The first-order valence-corrected chi connectivity index (χ1v) is 3.88. The molecule has 0 spiro atoms. The van der Waals surface area contributed by atoms with Crippen LogP contribution in [0.1, 0.15) is 41.0 Å². The summed E-state index contributed by atoms with van der Waals surface area (Å²) in [6.45, 7) is 9.44. The highest BCUT2D eigenvalue weighted by Crippen LogP contribution is 2.15. The molecule has 0 aliphatic heterocycles. The third kappa shape index (κ3) is 7.05. The summed E-state index contributed by atoms with van der Waals surface area (Å²) in [5, 5.41) is 8.13. The lowest BCUT2D eigenvalue weighted by atomic mass is 9.89. The second-order valence-electron chi connectivity index (χ2n) is 3.01. The summed E-state index contributed by atoms with van der Waals surface area (Å²) in [5.74, 6) is 0.00463. The molecule has 0 aliphatic carbocycles. The molecule has 0 radical (unpaired) electrons. The van der Waals surface area contributed by atoms with Crippen molar-refractivity contribution in [2.45, 2.75) is 41.0 Å². The molecule has 0 fully saturated rings. The Kier molecular flexibility index (Phi) is 6.88. The Labute approximate surface area is 69.2 Å². The van der Waals surface area contributed by atoms with Crippen molar-refractivity contribution in [1.29, 1.82) is 5.26 Å². The van der Waals surface area contributed by atoms with Gasteiger partial charge in [0.1, 0.15) is 0 Å². The van der Waals surface area contributed by atoms with Crippen LogP contribution in [0.4, 0.5) is 0 Å². The fourth-order valence-electron chi connectivity index (χ4n) is 0.337. The van der Waals surface area contributed by atoms with Crippen molar-refractivity contribution in [2.75, 3.05) is 0 Å². The van der Waals surface area contributed by atoms with Crippen molar-refractivity contribution in [3.63, 3.8) is 0 Å². The third-order valence-electron chi connectivity index (χ3n) is 1.08. The predicted octanol–water partition coefficient (Wildman–Crippen LogP) is 2.54. The van der Waals surface area contributed by atoms with E-state index >= 15 is 0 Å². The number of nitriles is 1. The van der Waals surface area contributed by atoms with Crippen molar-refractivity contribution in [3.05, 3.63) is 0 Å². The highest BCUT2D eigenvalue weighted by Gasteiger charge is 2.19. The van der Waals surface area contributed by atoms with Gasteiger partial charge in [-0.3, -0.25) is 4.79 Å². The highest BCUT2D eigenvalue weighted by molar-refractivity contribution is 5.85. The SMILES string of the molecule is CC.CC(C)(C)C(=O)CC#N. The van der Waals surface area contributed by atoms with Gasteiger partial charge in [-0.2, -0.15) is 5.26 Å². The lowest BCUT2D eigenvalue weighted by Crippen LogP contribution is -2.18. The van der Waals surface area contributed by atoms with Crippen molar-refractivity contribution >= 4 is 5.78 Å². The Balaban J connectivity index is 0. The molecule has 0 aromatic rings. The Morgan fingerprint density at radius 3 is 1.82 bits per heavy atom. The summed E-state index contributed by atoms with van der Waals surface area (Å²) >= 11 is 0. The molecule has 0 bridgehead atoms. The number of carbonyl (C=O) groups is 1. The average Bonchev–Trinajstić information content (AvgIpc) is 1.91. The molecule has 0 unspecified atom stereocenters. The van der Waals surface area contributed by atoms with Crippen LogP contribution in [-0.2, 0) is 4.79 Å². The second-order valence-corrected chi connectivity index (χ2v) is 3.01. The minimum Gasteiger partial charge on any atom is -0.298 e. The van der Waals surface area contributed by atoms with Crippen LogP contribution < -0.4 is 0 Å². The maximum Gasteiger partial charge on any atom is 0.152 e. The molecule has 0 aromatic carbocycles. The number of hydrogen-bond donors (Lipinski definition) is 0. The Hall–Kier alpha value is -0.840. The fraction of sp³-hybridized carbons (Fsp3) is 0.778. The molecule has 0 saturated carbocycles. The number of hydrogen-bond acceptors (Lipinski definition) is 2. The summed E-state index contributed by atoms with van der Waals surface area (Å²) in [6, 6.07) is 1.82. The minimum atomic E-state index is -0.351. The van der Waals surface area contributed by atoms with Crippen LogP contribution in [0.25, 0.3) is 0 Å². The Bertz CT molecular complexity index is 148. The van der Waals surface area contributed by atoms with Gasteiger partial charge in [-0.15, -0.1) is 0 Å². The topological polar surface area (TPSA) is 40.9 Å².